The van der Waals surface area contributed by atoms with Crippen molar-refractivity contribution in [1.82, 2.24) is 9.97 Å². The number of anilines is 1. The maximum atomic E-state index is 11.7. The van der Waals surface area contributed by atoms with E-state index in [2.05, 4.69) is 15.3 Å². The Morgan fingerprint density at radius 1 is 1.23 bits per heavy atom. The van der Waals surface area contributed by atoms with E-state index in [1.54, 1.807) is 25.4 Å². The first-order valence-electron chi connectivity index (χ1n) is 8.90. The Morgan fingerprint density at radius 2 is 2.00 bits per heavy atom. The van der Waals surface area contributed by atoms with Crippen LogP contribution in [0.15, 0.2) is 35.5 Å². The van der Waals surface area contributed by atoms with Gasteiger partial charge in [0.15, 0.2) is 9.84 Å². The van der Waals surface area contributed by atoms with E-state index in [4.69, 9.17) is 4.74 Å². The molecule has 1 fully saturated rings. The molecule has 0 radical (unpaired) electrons. The molecule has 140 valence electrons. The molecule has 1 aromatic carbocycles. The highest BCUT2D eigenvalue weighted by Gasteiger charge is 2.16. The molecule has 0 atom stereocenters. The molecule has 1 saturated carbocycles. The van der Waals surface area contributed by atoms with Crippen molar-refractivity contribution in [2.45, 2.75) is 44.0 Å². The quantitative estimate of drug-likeness (QED) is 0.799. The molecule has 1 N–H and O–H groups in total. The van der Waals surface area contributed by atoms with Gasteiger partial charge in [-0.05, 0) is 42.9 Å². The third-order valence-electron chi connectivity index (χ3n) is 4.67. The highest BCUT2D eigenvalue weighted by Crippen LogP contribution is 2.25. The van der Waals surface area contributed by atoms with E-state index < -0.39 is 9.84 Å². The summed E-state index contributed by atoms with van der Waals surface area (Å²) in [5.74, 6) is 1.80. The second kappa shape index (κ2) is 8.03. The van der Waals surface area contributed by atoms with Gasteiger partial charge in [-0.3, -0.25) is 4.98 Å². The predicted molar refractivity (Wildman–Crippen MR) is 101 cm³/mol. The van der Waals surface area contributed by atoms with Crippen molar-refractivity contribution in [1.29, 1.82) is 0 Å². The summed E-state index contributed by atoms with van der Waals surface area (Å²) in [4.78, 5) is 8.98. The van der Waals surface area contributed by atoms with E-state index >= 15 is 0 Å². The van der Waals surface area contributed by atoms with Crippen LogP contribution in [0.1, 0.15) is 36.8 Å². The summed E-state index contributed by atoms with van der Waals surface area (Å²) in [5, 5.41) is 3.21. The molecule has 0 unspecified atom stereocenters. The lowest BCUT2D eigenvalue weighted by Crippen LogP contribution is -2.10. The standard InChI is InChI=1S/C19H25N3O3S/c1-14-9-16(7-8-17(14)26(2,23)24)10-21-18-11-20-12-19(22-18)25-13-15-5-3-4-6-15/h7-9,11-12,15H,3-6,10,13H2,1-2H3,(H,21,22). The Bertz CT molecular complexity index is 862. The van der Waals surface area contributed by atoms with E-state index in [1.807, 2.05) is 12.1 Å². The van der Waals surface area contributed by atoms with Crippen LogP contribution in [0.2, 0.25) is 0 Å². The van der Waals surface area contributed by atoms with Crippen LogP contribution in [-0.4, -0.2) is 31.2 Å². The number of hydrogen-bond acceptors (Lipinski definition) is 6. The first kappa shape index (κ1) is 18.6. The lowest BCUT2D eigenvalue weighted by atomic mass is 10.1. The Morgan fingerprint density at radius 3 is 2.69 bits per heavy atom. The van der Waals surface area contributed by atoms with Gasteiger partial charge in [-0.15, -0.1) is 0 Å². The minimum Gasteiger partial charge on any atom is -0.476 e. The zero-order valence-corrected chi connectivity index (χ0v) is 16.1. The third kappa shape index (κ3) is 4.94. The van der Waals surface area contributed by atoms with Crippen LogP contribution in [-0.2, 0) is 16.4 Å². The minimum absolute atomic E-state index is 0.364. The summed E-state index contributed by atoms with van der Waals surface area (Å²) in [5.41, 5.74) is 1.72. The molecular formula is C19H25N3O3S. The zero-order valence-electron chi connectivity index (χ0n) is 15.2. The number of aryl methyl sites for hydroxylation is 1. The molecule has 7 heteroatoms. The summed E-state index contributed by atoms with van der Waals surface area (Å²) in [6, 6.07) is 5.33. The average molecular weight is 375 g/mol. The van der Waals surface area contributed by atoms with Crippen LogP contribution in [0, 0.1) is 12.8 Å². The average Bonchev–Trinajstić information content (AvgIpc) is 3.11. The SMILES string of the molecule is Cc1cc(CNc2cncc(OCC3CCCC3)n2)ccc1S(C)(=O)=O. The highest BCUT2D eigenvalue weighted by molar-refractivity contribution is 7.90. The molecule has 0 saturated heterocycles. The van der Waals surface area contributed by atoms with E-state index in [1.165, 1.54) is 31.9 Å². The van der Waals surface area contributed by atoms with Gasteiger partial charge in [0.05, 0.1) is 23.9 Å². The summed E-state index contributed by atoms with van der Waals surface area (Å²) >= 11 is 0. The van der Waals surface area contributed by atoms with Crippen molar-refractivity contribution in [3.05, 3.63) is 41.7 Å². The fourth-order valence-electron chi connectivity index (χ4n) is 3.31. The molecule has 1 aromatic heterocycles. The summed E-state index contributed by atoms with van der Waals surface area (Å²) in [7, 11) is -3.20. The highest BCUT2D eigenvalue weighted by atomic mass is 32.2. The van der Waals surface area contributed by atoms with Crippen molar-refractivity contribution in [3.63, 3.8) is 0 Å². The largest absolute Gasteiger partial charge is 0.476 e. The van der Waals surface area contributed by atoms with Gasteiger partial charge < -0.3 is 10.1 Å². The van der Waals surface area contributed by atoms with Gasteiger partial charge in [-0.1, -0.05) is 25.0 Å². The molecule has 0 amide bonds. The zero-order chi connectivity index (χ0) is 18.6. The normalized spacial score (nSPS) is 15.2. The number of hydrogen-bond donors (Lipinski definition) is 1. The molecule has 6 nitrogen and oxygen atoms in total. The monoisotopic (exact) mass is 375 g/mol. The fraction of sp³-hybridized carbons (Fsp3) is 0.474. The Labute approximate surface area is 154 Å². The molecule has 26 heavy (non-hydrogen) atoms. The molecule has 1 aliphatic carbocycles. The van der Waals surface area contributed by atoms with Crippen LogP contribution < -0.4 is 10.1 Å². The maximum Gasteiger partial charge on any atom is 0.234 e. The fourth-order valence-corrected chi connectivity index (χ4v) is 4.27. The minimum atomic E-state index is -3.20. The third-order valence-corrected chi connectivity index (χ3v) is 5.92. The summed E-state index contributed by atoms with van der Waals surface area (Å²) in [6.45, 7) is 3.03. The molecule has 1 heterocycles. The molecule has 3 rings (SSSR count). The predicted octanol–water partition coefficient (Wildman–Crippen LogP) is 3.37. The summed E-state index contributed by atoms with van der Waals surface area (Å²) < 4.78 is 29.2. The Balaban J connectivity index is 1.59. The van der Waals surface area contributed by atoms with Crippen LogP contribution in [0.5, 0.6) is 5.88 Å². The maximum absolute atomic E-state index is 11.7. The Hall–Kier alpha value is -2.15. The number of benzene rings is 1. The molecule has 0 aliphatic heterocycles. The van der Waals surface area contributed by atoms with Gasteiger partial charge in [-0.25, -0.2) is 8.42 Å². The second-order valence-electron chi connectivity index (χ2n) is 6.93. The first-order valence-corrected chi connectivity index (χ1v) is 10.8. The van der Waals surface area contributed by atoms with Crippen LogP contribution >= 0.6 is 0 Å². The van der Waals surface area contributed by atoms with Crippen molar-refractivity contribution in [2.75, 3.05) is 18.2 Å². The molecule has 0 bridgehead atoms. The lowest BCUT2D eigenvalue weighted by molar-refractivity contribution is 0.243. The molecule has 1 aliphatic rings. The van der Waals surface area contributed by atoms with Crippen molar-refractivity contribution < 1.29 is 13.2 Å². The summed E-state index contributed by atoms with van der Waals surface area (Å²) in [6.07, 6.45) is 9.55. The van der Waals surface area contributed by atoms with E-state index in [0.29, 0.717) is 35.7 Å². The van der Waals surface area contributed by atoms with Crippen molar-refractivity contribution in [2.24, 2.45) is 5.92 Å². The van der Waals surface area contributed by atoms with Crippen LogP contribution in [0.4, 0.5) is 5.82 Å². The van der Waals surface area contributed by atoms with Gasteiger partial charge in [-0.2, -0.15) is 4.98 Å². The van der Waals surface area contributed by atoms with E-state index in [9.17, 15) is 8.42 Å². The number of sulfone groups is 1. The number of ether oxygens (including phenoxy) is 1. The van der Waals surface area contributed by atoms with Crippen molar-refractivity contribution >= 4 is 15.7 Å². The van der Waals surface area contributed by atoms with Crippen LogP contribution in [0.25, 0.3) is 0 Å². The smallest absolute Gasteiger partial charge is 0.234 e. The molecular weight excluding hydrogens is 350 g/mol. The lowest BCUT2D eigenvalue weighted by Gasteiger charge is -2.12. The molecule has 0 spiro atoms. The number of aromatic nitrogens is 2. The number of nitrogens with zero attached hydrogens (tertiary/aromatic N) is 2. The van der Waals surface area contributed by atoms with Gasteiger partial charge in [0.25, 0.3) is 0 Å². The first-order chi connectivity index (χ1) is 12.4. The van der Waals surface area contributed by atoms with E-state index in [0.717, 1.165) is 11.1 Å². The van der Waals surface area contributed by atoms with Gasteiger partial charge in [0.2, 0.25) is 5.88 Å². The topological polar surface area (TPSA) is 81.2 Å². The number of rotatable bonds is 7. The van der Waals surface area contributed by atoms with Gasteiger partial charge >= 0.3 is 0 Å². The number of nitrogens with one attached hydrogen (secondary N) is 1. The van der Waals surface area contributed by atoms with E-state index in [-0.39, 0.29) is 0 Å². The Kier molecular flexibility index (Phi) is 5.76. The van der Waals surface area contributed by atoms with Gasteiger partial charge in [0.1, 0.15) is 5.82 Å². The van der Waals surface area contributed by atoms with Crippen molar-refractivity contribution in [3.8, 4) is 5.88 Å². The second-order valence-corrected chi connectivity index (χ2v) is 8.91. The van der Waals surface area contributed by atoms with Crippen LogP contribution in [0.3, 0.4) is 0 Å². The molecule has 2 aromatic rings. The van der Waals surface area contributed by atoms with Gasteiger partial charge in [0, 0.05) is 12.8 Å².